The summed E-state index contributed by atoms with van der Waals surface area (Å²) >= 11 is 0. The average Bonchev–Trinajstić information content (AvgIpc) is 2.64. The van der Waals surface area contributed by atoms with E-state index >= 15 is 0 Å². The van der Waals surface area contributed by atoms with Crippen molar-refractivity contribution < 1.29 is 9.32 Å². The van der Waals surface area contributed by atoms with Crippen LogP contribution < -0.4 is 11.1 Å². The third kappa shape index (κ3) is 2.37. The topological polar surface area (TPSA) is 97.3 Å². The first-order valence-electron chi connectivity index (χ1n) is 5.20. The normalized spacial score (nSPS) is 22.2. The first-order chi connectivity index (χ1) is 7.66. The summed E-state index contributed by atoms with van der Waals surface area (Å²) in [4.78, 5) is 17.3. The van der Waals surface area contributed by atoms with Crippen molar-refractivity contribution >= 4 is 5.91 Å². The van der Waals surface area contributed by atoms with Crippen LogP contribution in [0, 0.1) is 6.92 Å². The van der Waals surface area contributed by atoms with Crippen molar-refractivity contribution in [3.05, 3.63) is 11.7 Å². The van der Waals surface area contributed by atoms with Crippen LogP contribution in [0.5, 0.6) is 0 Å². The minimum atomic E-state index is -0.326. The molecule has 1 aromatic rings. The molecule has 7 nitrogen and oxygen atoms in total. The second kappa shape index (κ2) is 4.58. The van der Waals surface area contributed by atoms with Crippen LogP contribution in [0.15, 0.2) is 4.52 Å². The minimum Gasteiger partial charge on any atom is -0.368 e. The van der Waals surface area contributed by atoms with Crippen LogP contribution in [0.3, 0.4) is 0 Å². The van der Waals surface area contributed by atoms with Crippen molar-refractivity contribution in [1.82, 2.24) is 20.4 Å². The Hall–Kier alpha value is -1.47. The summed E-state index contributed by atoms with van der Waals surface area (Å²) in [7, 11) is 0. The fourth-order valence-electron chi connectivity index (χ4n) is 1.80. The Kier molecular flexibility index (Phi) is 3.16. The van der Waals surface area contributed by atoms with Crippen molar-refractivity contribution in [2.45, 2.75) is 19.5 Å². The summed E-state index contributed by atoms with van der Waals surface area (Å²) in [6, 6.07) is -0.299. The zero-order chi connectivity index (χ0) is 11.5. The molecule has 7 heteroatoms. The number of hydrogen-bond donors (Lipinski definition) is 2. The Labute approximate surface area is 93.0 Å². The van der Waals surface area contributed by atoms with Crippen LogP contribution in [0.2, 0.25) is 0 Å². The molecule has 0 bridgehead atoms. The van der Waals surface area contributed by atoms with Crippen molar-refractivity contribution in [3.8, 4) is 0 Å². The predicted octanol–water partition coefficient (Wildman–Crippen LogP) is -1.36. The van der Waals surface area contributed by atoms with Crippen molar-refractivity contribution in [3.63, 3.8) is 0 Å². The van der Waals surface area contributed by atoms with E-state index in [0.29, 0.717) is 24.8 Å². The van der Waals surface area contributed by atoms with E-state index in [-0.39, 0.29) is 11.9 Å². The number of amides is 1. The number of carbonyl (C=O) groups is 1. The van der Waals surface area contributed by atoms with Gasteiger partial charge < -0.3 is 15.6 Å². The molecular formula is C9H15N5O2. The number of nitrogens with two attached hydrogens (primary N) is 1. The number of rotatable bonds is 3. The molecule has 1 amide bonds. The molecular weight excluding hydrogens is 210 g/mol. The lowest BCUT2D eigenvalue weighted by Gasteiger charge is -2.32. The van der Waals surface area contributed by atoms with E-state index in [1.165, 1.54) is 0 Å². The molecule has 1 fully saturated rings. The van der Waals surface area contributed by atoms with Gasteiger partial charge in [0.2, 0.25) is 11.8 Å². The third-order valence-corrected chi connectivity index (χ3v) is 2.60. The highest BCUT2D eigenvalue weighted by atomic mass is 16.5. The van der Waals surface area contributed by atoms with Gasteiger partial charge in [-0.2, -0.15) is 4.98 Å². The molecule has 1 atom stereocenters. The zero-order valence-corrected chi connectivity index (χ0v) is 9.14. The molecule has 0 aromatic carbocycles. The standard InChI is InChI=1S/C9H15N5O2/c1-6-12-8(13-16-6)5-14-3-2-11-4-7(14)9(10)15/h7,11H,2-5H2,1H3,(H2,10,15). The third-order valence-electron chi connectivity index (χ3n) is 2.60. The maximum Gasteiger partial charge on any atom is 0.236 e. The molecule has 88 valence electrons. The molecule has 1 aromatic heterocycles. The highest BCUT2D eigenvalue weighted by Crippen LogP contribution is 2.07. The summed E-state index contributed by atoms with van der Waals surface area (Å²) < 4.78 is 4.88. The van der Waals surface area contributed by atoms with Gasteiger partial charge in [0.05, 0.1) is 6.54 Å². The van der Waals surface area contributed by atoms with Gasteiger partial charge in [-0.15, -0.1) is 0 Å². The molecule has 0 aliphatic carbocycles. The van der Waals surface area contributed by atoms with E-state index in [2.05, 4.69) is 15.5 Å². The van der Waals surface area contributed by atoms with Gasteiger partial charge in [-0.05, 0) is 0 Å². The highest BCUT2D eigenvalue weighted by molar-refractivity contribution is 5.80. The van der Waals surface area contributed by atoms with Gasteiger partial charge in [-0.3, -0.25) is 9.69 Å². The van der Waals surface area contributed by atoms with Gasteiger partial charge in [0.15, 0.2) is 5.82 Å². The second-order valence-electron chi connectivity index (χ2n) is 3.82. The van der Waals surface area contributed by atoms with Crippen LogP contribution in [-0.4, -0.2) is 46.6 Å². The number of aryl methyl sites for hydroxylation is 1. The lowest BCUT2D eigenvalue weighted by molar-refractivity contribution is -0.124. The van der Waals surface area contributed by atoms with Crippen LogP contribution in [0.1, 0.15) is 11.7 Å². The van der Waals surface area contributed by atoms with Gasteiger partial charge in [-0.25, -0.2) is 0 Å². The number of nitrogens with zero attached hydrogens (tertiary/aromatic N) is 3. The lowest BCUT2D eigenvalue weighted by atomic mass is 10.2. The van der Waals surface area contributed by atoms with Gasteiger partial charge in [0.25, 0.3) is 0 Å². The van der Waals surface area contributed by atoms with Crippen molar-refractivity contribution in [1.29, 1.82) is 0 Å². The summed E-state index contributed by atoms with van der Waals surface area (Å²) in [5.41, 5.74) is 5.33. The van der Waals surface area contributed by atoms with Crippen LogP contribution in [0.25, 0.3) is 0 Å². The lowest BCUT2D eigenvalue weighted by Crippen LogP contribution is -2.56. The summed E-state index contributed by atoms with van der Waals surface area (Å²) in [5.74, 6) is 0.791. The average molecular weight is 225 g/mol. The second-order valence-corrected chi connectivity index (χ2v) is 3.82. The SMILES string of the molecule is Cc1nc(CN2CCNCC2C(N)=O)no1. The number of aromatic nitrogens is 2. The van der Waals surface area contributed by atoms with Crippen LogP contribution in [-0.2, 0) is 11.3 Å². The quantitative estimate of drug-likeness (QED) is 0.659. The first kappa shape index (κ1) is 11.0. The molecule has 0 spiro atoms. The molecule has 1 saturated heterocycles. The fraction of sp³-hybridized carbons (Fsp3) is 0.667. The molecule has 2 rings (SSSR count). The van der Waals surface area contributed by atoms with Crippen LogP contribution in [0.4, 0.5) is 0 Å². The van der Waals surface area contributed by atoms with Gasteiger partial charge in [0, 0.05) is 26.6 Å². The molecule has 0 radical (unpaired) electrons. The number of carbonyl (C=O) groups excluding carboxylic acids is 1. The van der Waals surface area contributed by atoms with E-state index in [0.717, 1.165) is 13.1 Å². The number of piperazine rings is 1. The molecule has 1 unspecified atom stereocenters. The predicted molar refractivity (Wildman–Crippen MR) is 55.3 cm³/mol. The highest BCUT2D eigenvalue weighted by Gasteiger charge is 2.27. The van der Waals surface area contributed by atoms with Gasteiger partial charge in [0.1, 0.15) is 6.04 Å². The molecule has 0 saturated carbocycles. The Morgan fingerprint density at radius 2 is 2.56 bits per heavy atom. The van der Waals surface area contributed by atoms with Gasteiger partial charge >= 0.3 is 0 Å². The molecule has 16 heavy (non-hydrogen) atoms. The van der Waals surface area contributed by atoms with E-state index in [1.54, 1.807) is 6.92 Å². The number of hydrogen-bond acceptors (Lipinski definition) is 6. The van der Waals surface area contributed by atoms with E-state index in [1.807, 2.05) is 4.90 Å². The monoisotopic (exact) mass is 225 g/mol. The Morgan fingerprint density at radius 1 is 1.75 bits per heavy atom. The zero-order valence-electron chi connectivity index (χ0n) is 9.14. The number of nitrogens with one attached hydrogen (secondary N) is 1. The van der Waals surface area contributed by atoms with Crippen molar-refractivity contribution in [2.75, 3.05) is 19.6 Å². The molecule has 3 N–H and O–H groups in total. The maximum atomic E-state index is 11.2. The molecule has 1 aliphatic heterocycles. The Morgan fingerprint density at radius 3 is 3.19 bits per heavy atom. The minimum absolute atomic E-state index is 0.299. The summed E-state index contributed by atoms with van der Waals surface area (Å²) in [6.45, 7) is 4.39. The largest absolute Gasteiger partial charge is 0.368 e. The Balaban J connectivity index is 2.03. The molecule has 1 aliphatic rings. The smallest absolute Gasteiger partial charge is 0.236 e. The van der Waals surface area contributed by atoms with E-state index in [4.69, 9.17) is 10.3 Å². The number of primary amides is 1. The summed E-state index contributed by atoms with van der Waals surface area (Å²) in [5, 5.41) is 6.93. The van der Waals surface area contributed by atoms with Gasteiger partial charge in [-0.1, -0.05) is 5.16 Å². The first-order valence-corrected chi connectivity index (χ1v) is 5.20. The maximum absolute atomic E-state index is 11.2. The fourth-order valence-corrected chi connectivity index (χ4v) is 1.80. The Bertz CT molecular complexity index is 378. The van der Waals surface area contributed by atoms with Crippen LogP contribution >= 0.6 is 0 Å². The van der Waals surface area contributed by atoms with Crippen molar-refractivity contribution in [2.24, 2.45) is 5.73 Å². The summed E-state index contributed by atoms with van der Waals surface area (Å²) in [6.07, 6.45) is 0. The van der Waals surface area contributed by atoms with E-state index < -0.39 is 0 Å². The molecule has 2 heterocycles. The van der Waals surface area contributed by atoms with E-state index in [9.17, 15) is 4.79 Å².